The summed E-state index contributed by atoms with van der Waals surface area (Å²) in [5.74, 6) is -0.0559. The molecule has 2 aromatic rings. The minimum absolute atomic E-state index is 0.0559. The maximum absolute atomic E-state index is 11.1. The van der Waals surface area contributed by atoms with Gasteiger partial charge in [-0.3, -0.25) is 9.79 Å². The van der Waals surface area contributed by atoms with Gasteiger partial charge in [-0.05, 0) is 24.6 Å². The van der Waals surface area contributed by atoms with Crippen LogP contribution in [0.5, 0.6) is 5.75 Å². The first-order chi connectivity index (χ1) is 10.9. The lowest BCUT2D eigenvalue weighted by Gasteiger charge is -2.21. The number of aliphatic hydroxyl groups excluding tert-OH is 1. The molecule has 0 fully saturated rings. The van der Waals surface area contributed by atoms with Crippen molar-refractivity contribution >= 4 is 18.8 Å². The predicted molar refractivity (Wildman–Crippen MR) is 89.9 cm³/mol. The van der Waals surface area contributed by atoms with Gasteiger partial charge < -0.3 is 18.5 Å². The number of nitrogens with zero attached hydrogens (tertiary/aromatic N) is 1. The number of phosphoric ester groups is 1. The van der Waals surface area contributed by atoms with Gasteiger partial charge in [0.2, 0.25) is 0 Å². The SMILES string of the molecule is C[N+](C)(C)CCO.Cc1cc(=O)oc2cc(OP(=O)(O)O)ccc12. The summed E-state index contributed by atoms with van der Waals surface area (Å²) in [5, 5.41) is 9.07. The molecule has 9 heteroatoms. The third-order valence-corrected chi connectivity index (χ3v) is 3.37. The van der Waals surface area contributed by atoms with Crippen LogP contribution in [0.2, 0.25) is 0 Å². The van der Waals surface area contributed by atoms with E-state index in [1.54, 1.807) is 13.0 Å². The average Bonchev–Trinajstić information content (AvgIpc) is 2.35. The molecule has 2 rings (SSSR count). The summed E-state index contributed by atoms with van der Waals surface area (Å²) < 4.78 is 20.8. The minimum Gasteiger partial charge on any atom is -0.423 e. The van der Waals surface area contributed by atoms with E-state index in [4.69, 9.17) is 19.3 Å². The molecule has 0 saturated carbocycles. The van der Waals surface area contributed by atoms with Crippen molar-refractivity contribution in [3.63, 3.8) is 0 Å². The summed E-state index contributed by atoms with van der Waals surface area (Å²) in [5.41, 5.74) is 0.420. The van der Waals surface area contributed by atoms with Gasteiger partial charge in [0, 0.05) is 17.5 Å². The topological polar surface area (TPSA) is 117 Å². The molecule has 8 nitrogen and oxygen atoms in total. The Hall–Kier alpha value is -1.70. The van der Waals surface area contributed by atoms with Gasteiger partial charge >= 0.3 is 13.4 Å². The lowest BCUT2D eigenvalue weighted by atomic mass is 10.1. The highest BCUT2D eigenvalue weighted by atomic mass is 31.2. The van der Waals surface area contributed by atoms with Crippen LogP contribution in [0.4, 0.5) is 0 Å². The summed E-state index contributed by atoms with van der Waals surface area (Å²) >= 11 is 0. The van der Waals surface area contributed by atoms with E-state index in [0.29, 0.717) is 5.39 Å². The molecule has 0 aliphatic carbocycles. The molecule has 0 atom stereocenters. The van der Waals surface area contributed by atoms with Crippen molar-refractivity contribution in [2.45, 2.75) is 6.92 Å². The Kier molecular flexibility index (Phi) is 6.71. The Morgan fingerprint density at radius 2 is 1.83 bits per heavy atom. The van der Waals surface area contributed by atoms with Crippen molar-refractivity contribution in [2.75, 3.05) is 34.3 Å². The molecule has 24 heavy (non-hydrogen) atoms. The number of hydrogen-bond donors (Lipinski definition) is 3. The summed E-state index contributed by atoms with van der Waals surface area (Å²) in [6, 6.07) is 5.57. The third kappa shape index (κ3) is 7.25. The lowest BCUT2D eigenvalue weighted by molar-refractivity contribution is -0.870. The van der Waals surface area contributed by atoms with Gasteiger partial charge in [0.1, 0.15) is 17.9 Å². The highest BCUT2D eigenvalue weighted by molar-refractivity contribution is 7.46. The normalized spacial score (nSPS) is 11.8. The molecular weight excluding hydrogens is 337 g/mol. The molecule has 0 aliphatic rings. The summed E-state index contributed by atoms with van der Waals surface area (Å²) in [4.78, 5) is 28.4. The van der Waals surface area contributed by atoms with Gasteiger partial charge in [-0.2, -0.15) is 0 Å². The van der Waals surface area contributed by atoms with Crippen LogP contribution in [-0.4, -0.2) is 53.7 Å². The Labute approximate surface area is 139 Å². The fourth-order valence-corrected chi connectivity index (χ4v) is 2.19. The number of quaternary nitrogens is 1. The van der Waals surface area contributed by atoms with Gasteiger partial charge in [0.25, 0.3) is 0 Å². The van der Waals surface area contributed by atoms with E-state index in [1.807, 2.05) is 0 Å². The number of likely N-dealkylation sites (N-methyl/N-ethyl adjacent to an activating group) is 1. The van der Waals surface area contributed by atoms with E-state index in [1.165, 1.54) is 18.2 Å². The zero-order valence-corrected chi connectivity index (χ0v) is 15.0. The van der Waals surface area contributed by atoms with Crippen molar-refractivity contribution in [1.29, 1.82) is 0 Å². The second-order valence-corrected chi connectivity index (χ2v) is 7.39. The van der Waals surface area contributed by atoms with Crippen LogP contribution < -0.4 is 10.1 Å². The van der Waals surface area contributed by atoms with Gasteiger partial charge in [-0.25, -0.2) is 9.36 Å². The first kappa shape index (κ1) is 20.3. The minimum atomic E-state index is -4.61. The van der Waals surface area contributed by atoms with Gasteiger partial charge in [-0.15, -0.1) is 0 Å². The number of aryl methyl sites for hydroxylation is 1. The van der Waals surface area contributed by atoms with E-state index < -0.39 is 13.4 Å². The van der Waals surface area contributed by atoms with E-state index in [2.05, 4.69) is 25.7 Å². The Balaban J connectivity index is 0.000000351. The van der Waals surface area contributed by atoms with Crippen molar-refractivity contribution < 1.29 is 32.9 Å². The second kappa shape index (κ2) is 7.92. The molecule has 0 aliphatic heterocycles. The lowest BCUT2D eigenvalue weighted by Crippen LogP contribution is -2.36. The zero-order valence-electron chi connectivity index (χ0n) is 14.1. The first-order valence-corrected chi connectivity index (χ1v) is 8.65. The van der Waals surface area contributed by atoms with E-state index in [0.717, 1.165) is 16.6 Å². The molecule has 134 valence electrons. The fraction of sp³-hybridized carbons (Fsp3) is 0.400. The number of hydrogen-bond acceptors (Lipinski definition) is 5. The molecule has 0 amide bonds. The maximum atomic E-state index is 11.1. The van der Waals surface area contributed by atoms with Crippen molar-refractivity contribution in [2.24, 2.45) is 0 Å². The third-order valence-electron chi connectivity index (χ3n) is 2.92. The molecule has 0 bridgehead atoms. The Morgan fingerprint density at radius 3 is 2.29 bits per heavy atom. The predicted octanol–water partition coefficient (Wildman–Crippen LogP) is 1.26. The van der Waals surface area contributed by atoms with Crippen molar-refractivity contribution in [3.8, 4) is 5.75 Å². The van der Waals surface area contributed by atoms with Gasteiger partial charge in [0.05, 0.1) is 27.7 Å². The summed E-state index contributed by atoms with van der Waals surface area (Å²) in [6.45, 7) is 2.85. The highest BCUT2D eigenvalue weighted by Gasteiger charge is 2.16. The van der Waals surface area contributed by atoms with Crippen LogP contribution >= 0.6 is 7.82 Å². The maximum Gasteiger partial charge on any atom is 0.524 e. The van der Waals surface area contributed by atoms with Crippen LogP contribution in [0.1, 0.15) is 5.56 Å². The molecule has 0 spiro atoms. The number of rotatable bonds is 4. The second-order valence-electron chi connectivity index (χ2n) is 6.23. The van der Waals surface area contributed by atoms with Crippen LogP contribution in [-0.2, 0) is 4.57 Å². The van der Waals surface area contributed by atoms with E-state index >= 15 is 0 Å². The number of benzene rings is 1. The number of fused-ring (bicyclic) bond motifs is 1. The smallest absolute Gasteiger partial charge is 0.423 e. The summed E-state index contributed by atoms with van der Waals surface area (Å²) in [7, 11) is 1.55. The largest absolute Gasteiger partial charge is 0.524 e. The standard InChI is InChI=1S/C10H9O6P.C5H14NO/c1-6-4-10(11)15-9-5-7(2-3-8(6)9)16-17(12,13)14;1-6(2,3)4-5-7/h2-5H,1H3,(H2,12,13,14);7H,4-5H2,1-3H3/q;+1. The highest BCUT2D eigenvalue weighted by Crippen LogP contribution is 2.38. The Bertz CT molecular complexity index is 788. The monoisotopic (exact) mass is 360 g/mol. The quantitative estimate of drug-likeness (QED) is 0.427. The molecule has 0 saturated heterocycles. The van der Waals surface area contributed by atoms with Gasteiger partial charge in [0.15, 0.2) is 0 Å². The van der Waals surface area contributed by atoms with Crippen molar-refractivity contribution in [1.82, 2.24) is 0 Å². The van der Waals surface area contributed by atoms with E-state index in [-0.39, 0.29) is 17.9 Å². The van der Waals surface area contributed by atoms with Crippen molar-refractivity contribution in [3.05, 3.63) is 40.2 Å². The molecule has 0 unspecified atom stereocenters. The zero-order chi connectivity index (χ0) is 18.5. The number of phosphoric acid groups is 1. The van der Waals surface area contributed by atoms with Crippen LogP contribution in [0.25, 0.3) is 11.0 Å². The van der Waals surface area contributed by atoms with Crippen LogP contribution in [0, 0.1) is 6.92 Å². The molecule has 3 N–H and O–H groups in total. The summed E-state index contributed by atoms with van der Waals surface area (Å²) in [6.07, 6.45) is 0. The molecule has 1 heterocycles. The van der Waals surface area contributed by atoms with Gasteiger partial charge in [-0.1, -0.05) is 0 Å². The number of aliphatic hydroxyl groups is 1. The fourth-order valence-electron chi connectivity index (χ4n) is 1.80. The molecule has 1 aromatic heterocycles. The molecular formula is C15H23NO7P+. The first-order valence-electron chi connectivity index (χ1n) is 7.12. The average molecular weight is 360 g/mol. The Morgan fingerprint density at radius 1 is 1.21 bits per heavy atom. The van der Waals surface area contributed by atoms with Crippen LogP contribution in [0.15, 0.2) is 33.5 Å². The molecule has 0 radical (unpaired) electrons. The van der Waals surface area contributed by atoms with Crippen LogP contribution in [0.3, 0.4) is 0 Å². The van der Waals surface area contributed by atoms with E-state index in [9.17, 15) is 9.36 Å². The molecule has 1 aromatic carbocycles.